The molecule has 58 valence electrons. The second kappa shape index (κ2) is 4.09. The highest BCUT2D eigenvalue weighted by Gasteiger charge is 1.91. The van der Waals surface area contributed by atoms with Gasteiger partial charge in [-0.2, -0.15) is 11.3 Å². The largest absolute Gasteiger partial charge is 0.298 e. The molecular formula is C9H10OS. The van der Waals surface area contributed by atoms with E-state index >= 15 is 0 Å². The molecular weight excluding hydrogens is 156 g/mol. The van der Waals surface area contributed by atoms with Gasteiger partial charge in [0.1, 0.15) is 6.29 Å². The smallest absolute Gasteiger partial charge is 0.146 e. The summed E-state index contributed by atoms with van der Waals surface area (Å²) in [6, 6.07) is 2.00. The standard InChI is InChI=1S/C9H10OS/c1-2-8(6-10)5-9-3-4-11-7-9/h3-7H,2H2,1H3. The number of hydrogen-bond acceptors (Lipinski definition) is 2. The Bertz CT molecular complexity index is 247. The average molecular weight is 166 g/mol. The zero-order valence-electron chi connectivity index (χ0n) is 6.41. The van der Waals surface area contributed by atoms with Crippen LogP contribution in [0.4, 0.5) is 0 Å². The van der Waals surface area contributed by atoms with E-state index in [0.29, 0.717) is 0 Å². The van der Waals surface area contributed by atoms with Crippen molar-refractivity contribution in [3.05, 3.63) is 28.0 Å². The summed E-state index contributed by atoms with van der Waals surface area (Å²) in [6.07, 6.45) is 3.64. The zero-order valence-corrected chi connectivity index (χ0v) is 7.23. The number of carbonyl (C=O) groups is 1. The fourth-order valence-corrected chi connectivity index (χ4v) is 1.41. The minimum atomic E-state index is 0.805. The molecule has 0 amide bonds. The molecule has 2 heteroatoms. The molecule has 1 nitrogen and oxygen atoms in total. The quantitative estimate of drug-likeness (QED) is 0.498. The van der Waals surface area contributed by atoms with Crippen molar-refractivity contribution < 1.29 is 4.79 Å². The van der Waals surface area contributed by atoms with Crippen LogP contribution in [0.5, 0.6) is 0 Å². The van der Waals surface area contributed by atoms with E-state index in [1.807, 2.05) is 29.8 Å². The van der Waals surface area contributed by atoms with Crippen LogP contribution in [0.3, 0.4) is 0 Å². The summed E-state index contributed by atoms with van der Waals surface area (Å²) in [7, 11) is 0. The minimum absolute atomic E-state index is 0.805. The maximum Gasteiger partial charge on any atom is 0.146 e. The third kappa shape index (κ3) is 2.31. The van der Waals surface area contributed by atoms with Gasteiger partial charge in [-0.25, -0.2) is 0 Å². The number of allylic oxidation sites excluding steroid dienone is 1. The van der Waals surface area contributed by atoms with Gasteiger partial charge in [0.15, 0.2) is 0 Å². The van der Waals surface area contributed by atoms with Crippen molar-refractivity contribution in [2.45, 2.75) is 13.3 Å². The van der Waals surface area contributed by atoms with Gasteiger partial charge in [-0.1, -0.05) is 6.92 Å². The summed E-state index contributed by atoms with van der Waals surface area (Å²) in [5, 5.41) is 4.03. The number of hydrogen-bond donors (Lipinski definition) is 0. The molecule has 1 aromatic rings. The molecule has 0 bridgehead atoms. The summed E-state index contributed by atoms with van der Waals surface area (Å²) in [6.45, 7) is 1.98. The van der Waals surface area contributed by atoms with Gasteiger partial charge in [-0.15, -0.1) is 0 Å². The Balaban J connectivity index is 2.79. The van der Waals surface area contributed by atoms with Crippen LogP contribution in [0.1, 0.15) is 18.9 Å². The van der Waals surface area contributed by atoms with E-state index in [1.54, 1.807) is 11.3 Å². The van der Waals surface area contributed by atoms with E-state index in [1.165, 1.54) is 0 Å². The Morgan fingerprint density at radius 3 is 3.00 bits per heavy atom. The van der Waals surface area contributed by atoms with Crippen LogP contribution < -0.4 is 0 Å². The average Bonchev–Trinajstić information content (AvgIpc) is 2.52. The highest BCUT2D eigenvalue weighted by molar-refractivity contribution is 7.08. The predicted molar refractivity (Wildman–Crippen MR) is 48.7 cm³/mol. The molecule has 0 saturated carbocycles. The van der Waals surface area contributed by atoms with E-state index in [0.717, 1.165) is 23.8 Å². The second-order valence-electron chi connectivity index (χ2n) is 2.25. The summed E-state index contributed by atoms with van der Waals surface area (Å²) in [5.74, 6) is 0. The van der Waals surface area contributed by atoms with E-state index in [2.05, 4.69) is 0 Å². The summed E-state index contributed by atoms with van der Waals surface area (Å²) in [5.41, 5.74) is 1.97. The Morgan fingerprint density at radius 2 is 2.55 bits per heavy atom. The van der Waals surface area contributed by atoms with Gasteiger partial charge < -0.3 is 0 Å². The molecule has 1 rings (SSSR count). The third-order valence-corrected chi connectivity index (χ3v) is 2.16. The Kier molecular flexibility index (Phi) is 3.05. The monoisotopic (exact) mass is 166 g/mol. The lowest BCUT2D eigenvalue weighted by molar-refractivity contribution is -0.104. The van der Waals surface area contributed by atoms with Crippen LogP contribution >= 0.6 is 11.3 Å². The molecule has 11 heavy (non-hydrogen) atoms. The molecule has 0 N–H and O–H groups in total. The van der Waals surface area contributed by atoms with Gasteiger partial charge in [0, 0.05) is 0 Å². The Hall–Kier alpha value is -0.890. The lowest BCUT2D eigenvalue weighted by Crippen LogP contribution is -1.79. The minimum Gasteiger partial charge on any atom is -0.298 e. The van der Waals surface area contributed by atoms with Gasteiger partial charge >= 0.3 is 0 Å². The highest BCUT2D eigenvalue weighted by atomic mass is 32.1. The lowest BCUT2D eigenvalue weighted by atomic mass is 10.2. The molecule has 0 aliphatic heterocycles. The van der Waals surface area contributed by atoms with Crippen LogP contribution in [-0.4, -0.2) is 6.29 Å². The second-order valence-corrected chi connectivity index (χ2v) is 3.03. The number of thiophene rings is 1. The molecule has 0 aliphatic carbocycles. The fraction of sp³-hybridized carbons (Fsp3) is 0.222. The number of rotatable bonds is 3. The topological polar surface area (TPSA) is 17.1 Å². The first-order valence-corrected chi connectivity index (χ1v) is 4.49. The first-order valence-electron chi connectivity index (χ1n) is 3.54. The maximum atomic E-state index is 10.4. The van der Waals surface area contributed by atoms with Crippen LogP contribution in [-0.2, 0) is 4.79 Å². The molecule has 0 aliphatic rings. The van der Waals surface area contributed by atoms with Crippen molar-refractivity contribution in [1.29, 1.82) is 0 Å². The van der Waals surface area contributed by atoms with Crippen molar-refractivity contribution in [3.63, 3.8) is 0 Å². The van der Waals surface area contributed by atoms with E-state index in [9.17, 15) is 4.79 Å². The first kappa shape index (κ1) is 8.21. The Morgan fingerprint density at radius 1 is 1.73 bits per heavy atom. The summed E-state index contributed by atoms with van der Waals surface area (Å²) < 4.78 is 0. The normalized spacial score (nSPS) is 11.5. The predicted octanol–water partition coefficient (Wildman–Crippen LogP) is 2.74. The molecule has 0 radical (unpaired) electrons. The molecule has 1 aromatic heterocycles. The van der Waals surface area contributed by atoms with Crippen LogP contribution in [0.15, 0.2) is 22.4 Å². The molecule has 1 heterocycles. The van der Waals surface area contributed by atoms with Crippen molar-refractivity contribution >= 4 is 23.7 Å². The fourth-order valence-electron chi connectivity index (χ4n) is 0.791. The van der Waals surface area contributed by atoms with Crippen molar-refractivity contribution in [3.8, 4) is 0 Å². The number of carbonyl (C=O) groups excluding carboxylic acids is 1. The van der Waals surface area contributed by atoms with E-state index in [-0.39, 0.29) is 0 Å². The first-order chi connectivity index (χ1) is 5.36. The van der Waals surface area contributed by atoms with Crippen molar-refractivity contribution in [2.24, 2.45) is 0 Å². The molecule has 0 fully saturated rings. The van der Waals surface area contributed by atoms with Gasteiger partial charge in [0.2, 0.25) is 0 Å². The van der Waals surface area contributed by atoms with Crippen LogP contribution in [0.2, 0.25) is 0 Å². The molecule has 0 aromatic carbocycles. The summed E-state index contributed by atoms with van der Waals surface area (Å²) in [4.78, 5) is 10.4. The van der Waals surface area contributed by atoms with Gasteiger partial charge in [0.25, 0.3) is 0 Å². The molecule has 0 spiro atoms. The lowest BCUT2D eigenvalue weighted by Gasteiger charge is -1.89. The number of aldehydes is 1. The van der Waals surface area contributed by atoms with E-state index in [4.69, 9.17) is 0 Å². The molecule has 0 unspecified atom stereocenters. The highest BCUT2D eigenvalue weighted by Crippen LogP contribution is 2.11. The molecule has 0 saturated heterocycles. The van der Waals surface area contributed by atoms with Gasteiger partial charge in [-0.3, -0.25) is 4.79 Å². The van der Waals surface area contributed by atoms with Gasteiger partial charge in [0.05, 0.1) is 0 Å². The van der Waals surface area contributed by atoms with Crippen molar-refractivity contribution in [1.82, 2.24) is 0 Å². The summed E-state index contributed by atoms with van der Waals surface area (Å²) >= 11 is 1.64. The Labute approximate surface area is 70.4 Å². The van der Waals surface area contributed by atoms with Crippen LogP contribution in [0.25, 0.3) is 6.08 Å². The van der Waals surface area contributed by atoms with Crippen molar-refractivity contribution in [2.75, 3.05) is 0 Å². The SMILES string of the molecule is CCC(C=O)=Cc1ccsc1. The maximum absolute atomic E-state index is 10.4. The zero-order chi connectivity index (χ0) is 8.10. The van der Waals surface area contributed by atoms with Crippen LogP contribution in [0, 0.1) is 0 Å². The molecule has 0 atom stereocenters. The van der Waals surface area contributed by atoms with E-state index < -0.39 is 0 Å². The van der Waals surface area contributed by atoms with Gasteiger partial charge in [-0.05, 0) is 40.5 Å². The third-order valence-electron chi connectivity index (χ3n) is 1.45.